The van der Waals surface area contributed by atoms with Gasteiger partial charge in [-0.1, -0.05) is 13.3 Å². The van der Waals surface area contributed by atoms with Crippen LogP contribution in [0.1, 0.15) is 39.0 Å². The van der Waals surface area contributed by atoms with Crippen LogP contribution in [-0.2, 0) is 0 Å². The minimum Gasteiger partial charge on any atom is -0.313 e. The van der Waals surface area contributed by atoms with Crippen LogP contribution in [0, 0.1) is 0 Å². The molecular weight excluding hydrogens is 160 g/mol. The molecule has 2 atom stereocenters. The molecule has 2 aliphatic heterocycles. The van der Waals surface area contributed by atoms with E-state index in [1.54, 1.807) is 0 Å². The largest absolute Gasteiger partial charge is 0.313 e. The van der Waals surface area contributed by atoms with Gasteiger partial charge in [0.05, 0.1) is 0 Å². The van der Waals surface area contributed by atoms with Crippen LogP contribution in [0.2, 0.25) is 0 Å². The quantitative estimate of drug-likeness (QED) is 0.713. The summed E-state index contributed by atoms with van der Waals surface area (Å²) in [5.41, 5.74) is 0. The van der Waals surface area contributed by atoms with Crippen molar-refractivity contribution < 1.29 is 0 Å². The SMILES string of the molecule is CCCNC1CC2CCCCN2C1. The van der Waals surface area contributed by atoms with E-state index in [4.69, 9.17) is 0 Å². The van der Waals surface area contributed by atoms with Gasteiger partial charge in [0.1, 0.15) is 0 Å². The Bertz CT molecular complexity index is 144. The van der Waals surface area contributed by atoms with E-state index in [0.29, 0.717) is 0 Å². The fourth-order valence-electron chi connectivity index (χ4n) is 2.75. The molecule has 0 spiro atoms. The molecule has 0 bridgehead atoms. The van der Waals surface area contributed by atoms with Gasteiger partial charge in [0, 0.05) is 18.6 Å². The van der Waals surface area contributed by atoms with Crippen molar-refractivity contribution in [1.29, 1.82) is 0 Å². The summed E-state index contributed by atoms with van der Waals surface area (Å²) in [4.78, 5) is 2.69. The lowest BCUT2D eigenvalue weighted by Gasteiger charge is -2.28. The van der Waals surface area contributed by atoms with Crippen molar-refractivity contribution in [3.63, 3.8) is 0 Å². The molecule has 2 rings (SSSR count). The highest BCUT2D eigenvalue weighted by molar-refractivity contribution is 4.91. The Morgan fingerprint density at radius 2 is 2.31 bits per heavy atom. The molecule has 0 amide bonds. The minimum atomic E-state index is 0.794. The topological polar surface area (TPSA) is 15.3 Å². The van der Waals surface area contributed by atoms with Gasteiger partial charge in [-0.3, -0.25) is 4.90 Å². The van der Waals surface area contributed by atoms with Gasteiger partial charge >= 0.3 is 0 Å². The average Bonchev–Trinajstić information content (AvgIpc) is 2.57. The zero-order chi connectivity index (χ0) is 9.10. The van der Waals surface area contributed by atoms with Crippen LogP contribution >= 0.6 is 0 Å². The van der Waals surface area contributed by atoms with E-state index in [1.807, 2.05) is 0 Å². The molecule has 2 nitrogen and oxygen atoms in total. The fourth-order valence-corrected chi connectivity index (χ4v) is 2.75. The van der Waals surface area contributed by atoms with Crippen molar-refractivity contribution in [2.24, 2.45) is 0 Å². The molecule has 0 aromatic heterocycles. The number of hydrogen-bond acceptors (Lipinski definition) is 2. The second kappa shape index (κ2) is 4.43. The Labute approximate surface area is 81.7 Å². The molecule has 2 heteroatoms. The Hall–Kier alpha value is -0.0800. The maximum Gasteiger partial charge on any atom is 0.0210 e. The van der Waals surface area contributed by atoms with Crippen molar-refractivity contribution in [2.75, 3.05) is 19.6 Å². The summed E-state index contributed by atoms with van der Waals surface area (Å²) >= 11 is 0. The number of fused-ring (bicyclic) bond motifs is 1. The van der Waals surface area contributed by atoms with Gasteiger partial charge in [0.2, 0.25) is 0 Å². The monoisotopic (exact) mass is 182 g/mol. The molecule has 0 radical (unpaired) electrons. The zero-order valence-corrected chi connectivity index (χ0v) is 8.76. The van der Waals surface area contributed by atoms with E-state index < -0.39 is 0 Å². The summed E-state index contributed by atoms with van der Waals surface area (Å²) in [6, 6.07) is 1.71. The van der Waals surface area contributed by atoms with E-state index in [9.17, 15) is 0 Å². The molecule has 2 aliphatic rings. The highest BCUT2D eigenvalue weighted by Crippen LogP contribution is 2.26. The van der Waals surface area contributed by atoms with Crippen LogP contribution in [-0.4, -0.2) is 36.6 Å². The summed E-state index contributed by atoms with van der Waals surface area (Å²) in [5, 5.41) is 3.65. The highest BCUT2D eigenvalue weighted by Gasteiger charge is 2.32. The van der Waals surface area contributed by atoms with Gasteiger partial charge in [-0.25, -0.2) is 0 Å². The Morgan fingerprint density at radius 3 is 3.08 bits per heavy atom. The van der Waals surface area contributed by atoms with Crippen LogP contribution in [0.5, 0.6) is 0 Å². The molecule has 2 heterocycles. The predicted molar refractivity (Wildman–Crippen MR) is 55.9 cm³/mol. The summed E-state index contributed by atoms with van der Waals surface area (Å²) in [5.74, 6) is 0. The van der Waals surface area contributed by atoms with Crippen molar-refractivity contribution in [2.45, 2.75) is 51.1 Å². The van der Waals surface area contributed by atoms with Gasteiger partial charge in [-0.15, -0.1) is 0 Å². The first kappa shape index (κ1) is 9.47. The molecule has 0 aromatic rings. The lowest BCUT2D eigenvalue weighted by molar-refractivity contribution is 0.197. The summed E-state index contributed by atoms with van der Waals surface area (Å²) in [6.07, 6.45) is 7.00. The highest BCUT2D eigenvalue weighted by atomic mass is 15.2. The molecular formula is C11H22N2. The van der Waals surface area contributed by atoms with E-state index in [2.05, 4.69) is 17.1 Å². The van der Waals surface area contributed by atoms with Crippen LogP contribution in [0.25, 0.3) is 0 Å². The molecule has 0 aliphatic carbocycles. The average molecular weight is 182 g/mol. The molecule has 76 valence electrons. The first-order valence-electron chi connectivity index (χ1n) is 5.87. The lowest BCUT2D eigenvalue weighted by Crippen LogP contribution is -2.36. The first-order chi connectivity index (χ1) is 6.40. The van der Waals surface area contributed by atoms with Gasteiger partial charge in [0.25, 0.3) is 0 Å². The Balaban J connectivity index is 1.77. The van der Waals surface area contributed by atoms with Crippen molar-refractivity contribution >= 4 is 0 Å². The number of piperidine rings is 1. The summed E-state index contributed by atoms with van der Waals surface area (Å²) in [6.45, 7) is 6.11. The number of rotatable bonds is 3. The molecule has 13 heavy (non-hydrogen) atoms. The van der Waals surface area contributed by atoms with Crippen LogP contribution in [0.3, 0.4) is 0 Å². The van der Waals surface area contributed by atoms with Gasteiger partial charge in [-0.2, -0.15) is 0 Å². The zero-order valence-electron chi connectivity index (χ0n) is 8.76. The van der Waals surface area contributed by atoms with Gasteiger partial charge in [-0.05, 0) is 38.8 Å². The molecule has 2 saturated heterocycles. The number of hydrogen-bond donors (Lipinski definition) is 1. The van der Waals surface area contributed by atoms with E-state index in [-0.39, 0.29) is 0 Å². The maximum absolute atomic E-state index is 3.65. The standard InChI is InChI=1S/C11H22N2/c1-2-6-12-10-8-11-5-3-4-7-13(11)9-10/h10-12H,2-9H2,1H3. The predicted octanol–water partition coefficient (Wildman–Crippen LogP) is 1.61. The van der Waals surface area contributed by atoms with E-state index >= 15 is 0 Å². The van der Waals surface area contributed by atoms with Crippen molar-refractivity contribution in [1.82, 2.24) is 10.2 Å². The molecule has 1 N–H and O–H groups in total. The van der Waals surface area contributed by atoms with Crippen molar-refractivity contribution in [3.8, 4) is 0 Å². The van der Waals surface area contributed by atoms with E-state index in [0.717, 1.165) is 12.1 Å². The molecule has 2 fully saturated rings. The Morgan fingerprint density at radius 1 is 1.38 bits per heavy atom. The second-order valence-corrected chi connectivity index (χ2v) is 4.53. The molecule has 0 saturated carbocycles. The maximum atomic E-state index is 3.65. The fraction of sp³-hybridized carbons (Fsp3) is 1.00. The van der Waals surface area contributed by atoms with Crippen LogP contribution in [0.15, 0.2) is 0 Å². The van der Waals surface area contributed by atoms with Crippen molar-refractivity contribution in [3.05, 3.63) is 0 Å². The van der Waals surface area contributed by atoms with Crippen LogP contribution in [0.4, 0.5) is 0 Å². The Kier molecular flexibility index (Phi) is 3.23. The van der Waals surface area contributed by atoms with Gasteiger partial charge in [0.15, 0.2) is 0 Å². The molecule has 0 aromatic carbocycles. The number of nitrogens with one attached hydrogen (secondary N) is 1. The smallest absolute Gasteiger partial charge is 0.0210 e. The lowest BCUT2D eigenvalue weighted by atomic mass is 10.0. The van der Waals surface area contributed by atoms with Crippen LogP contribution < -0.4 is 5.32 Å². The summed E-state index contributed by atoms with van der Waals surface area (Å²) < 4.78 is 0. The normalized spacial score (nSPS) is 34.8. The third-order valence-electron chi connectivity index (χ3n) is 3.44. The third kappa shape index (κ3) is 2.23. The first-order valence-corrected chi connectivity index (χ1v) is 5.87. The van der Waals surface area contributed by atoms with E-state index in [1.165, 1.54) is 51.7 Å². The second-order valence-electron chi connectivity index (χ2n) is 4.53. The number of nitrogens with zero attached hydrogens (tertiary/aromatic N) is 1. The molecule has 2 unspecified atom stereocenters. The van der Waals surface area contributed by atoms with Gasteiger partial charge < -0.3 is 5.32 Å². The summed E-state index contributed by atoms with van der Waals surface area (Å²) in [7, 11) is 0. The minimum absolute atomic E-state index is 0.794. The third-order valence-corrected chi connectivity index (χ3v) is 3.44.